The highest BCUT2D eigenvalue weighted by Gasteiger charge is 2.55. The third-order valence-electron chi connectivity index (χ3n) is 7.26. The molecule has 2 aromatic rings. The first-order chi connectivity index (χ1) is 12.8. The van der Waals surface area contributed by atoms with Gasteiger partial charge in [0.05, 0.1) is 0 Å². The van der Waals surface area contributed by atoms with Gasteiger partial charge in [-0.3, -0.25) is 4.90 Å². The topological polar surface area (TPSA) is 32.7 Å². The summed E-state index contributed by atoms with van der Waals surface area (Å²) in [5.74, 6) is 1.31. The lowest BCUT2D eigenvalue weighted by Crippen LogP contribution is -2.64. The summed E-state index contributed by atoms with van der Waals surface area (Å²) in [7, 11) is 0. The molecule has 1 N–H and O–H groups in total. The monoisotopic (exact) mass is 365 g/mol. The number of likely N-dealkylation sites (tertiary alicyclic amines) is 1. The van der Waals surface area contributed by atoms with Crippen molar-refractivity contribution < 1.29 is 9.84 Å². The van der Waals surface area contributed by atoms with Crippen LogP contribution in [0.2, 0.25) is 0 Å². The minimum atomic E-state index is 0.137. The second-order valence-corrected chi connectivity index (χ2v) is 9.10. The Morgan fingerprint density at radius 2 is 1.89 bits per heavy atom. The van der Waals surface area contributed by atoms with Crippen LogP contribution in [0.4, 0.5) is 0 Å². The standard InChI is InChI=1S/C24H31NO2/c1-17(27-20-8-6-5-7-9-20)16-25-13-12-24(4)21-11-10-19(26)14-18(21)15-22(25)23(24,2)3/h5-11,14,17,22,26H,12-13,15-16H2,1-4H3/t17-,22-,24+/m0/s1. The lowest BCUT2D eigenvalue weighted by molar-refractivity contribution is -0.0496. The van der Waals surface area contributed by atoms with E-state index in [1.165, 1.54) is 11.1 Å². The molecular weight excluding hydrogens is 334 g/mol. The molecule has 0 amide bonds. The van der Waals surface area contributed by atoms with Crippen molar-refractivity contribution in [1.29, 1.82) is 0 Å². The second kappa shape index (κ2) is 6.56. The Morgan fingerprint density at radius 3 is 2.63 bits per heavy atom. The molecule has 1 fully saturated rings. The molecule has 3 heteroatoms. The van der Waals surface area contributed by atoms with E-state index in [9.17, 15) is 5.11 Å². The van der Waals surface area contributed by atoms with Crippen LogP contribution in [-0.4, -0.2) is 35.2 Å². The Balaban J connectivity index is 1.58. The summed E-state index contributed by atoms with van der Waals surface area (Å²) in [5.41, 5.74) is 3.04. The van der Waals surface area contributed by atoms with E-state index in [1.54, 1.807) is 0 Å². The number of nitrogens with zero attached hydrogens (tertiary/aromatic N) is 1. The van der Waals surface area contributed by atoms with Crippen molar-refractivity contribution in [2.45, 2.75) is 58.1 Å². The van der Waals surface area contributed by atoms with E-state index in [-0.39, 0.29) is 16.9 Å². The minimum absolute atomic E-state index is 0.137. The molecule has 1 heterocycles. The highest BCUT2D eigenvalue weighted by atomic mass is 16.5. The maximum Gasteiger partial charge on any atom is 0.119 e. The summed E-state index contributed by atoms with van der Waals surface area (Å²) in [5, 5.41) is 10.0. The summed E-state index contributed by atoms with van der Waals surface area (Å²) in [4.78, 5) is 2.61. The van der Waals surface area contributed by atoms with E-state index >= 15 is 0 Å². The SMILES string of the molecule is C[C@@H](CN1CC[C@]2(C)c3ccc(O)cc3C[C@H]1C2(C)C)Oc1ccccc1. The second-order valence-electron chi connectivity index (χ2n) is 9.10. The maximum atomic E-state index is 10.0. The van der Waals surface area contributed by atoms with Crippen LogP contribution in [0.3, 0.4) is 0 Å². The van der Waals surface area contributed by atoms with Gasteiger partial charge in [-0.15, -0.1) is 0 Å². The number of hydrogen-bond acceptors (Lipinski definition) is 3. The van der Waals surface area contributed by atoms with Crippen molar-refractivity contribution in [3.63, 3.8) is 0 Å². The van der Waals surface area contributed by atoms with Gasteiger partial charge in [0.1, 0.15) is 17.6 Å². The lowest BCUT2D eigenvalue weighted by atomic mass is 9.51. The highest BCUT2D eigenvalue weighted by molar-refractivity contribution is 5.45. The van der Waals surface area contributed by atoms with Crippen molar-refractivity contribution >= 4 is 0 Å². The average Bonchev–Trinajstić information content (AvgIpc) is 2.61. The molecule has 0 unspecified atom stereocenters. The fourth-order valence-corrected chi connectivity index (χ4v) is 5.35. The quantitative estimate of drug-likeness (QED) is 0.847. The fraction of sp³-hybridized carbons (Fsp3) is 0.500. The van der Waals surface area contributed by atoms with E-state index in [4.69, 9.17) is 4.74 Å². The number of rotatable bonds is 4. The van der Waals surface area contributed by atoms with Gasteiger partial charge >= 0.3 is 0 Å². The Kier molecular flexibility index (Phi) is 4.46. The van der Waals surface area contributed by atoms with Crippen molar-refractivity contribution in [1.82, 2.24) is 4.90 Å². The third-order valence-corrected chi connectivity index (χ3v) is 7.26. The van der Waals surface area contributed by atoms with Gasteiger partial charge in [-0.2, -0.15) is 0 Å². The van der Waals surface area contributed by atoms with E-state index < -0.39 is 0 Å². The summed E-state index contributed by atoms with van der Waals surface area (Å²) in [6, 6.07) is 16.5. The molecule has 3 atom stereocenters. The van der Waals surface area contributed by atoms with Gasteiger partial charge in [0, 0.05) is 18.0 Å². The predicted octanol–water partition coefficient (Wildman–Crippen LogP) is 4.77. The number of phenolic OH excluding ortho intramolecular Hbond substituents is 1. The third kappa shape index (κ3) is 3.02. The van der Waals surface area contributed by atoms with E-state index in [1.807, 2.05) is 42.5 Å². The zero-order valence-corrected chi connectivity index (χ0v) is 16.9. The molecule has 0 spiro atoms. The molecule has 2 aromatic carbocycles. The van der Waals surface area contributed by atoms with E-state index in [2.05, 4.69) is 38.7 Å². The van der Waals surface area contributed by atoms with Crippen molar-refractivity contribution in [2.24, 2.45) is 5.41 Å². The Morgan fingerprint density at radius 1 is 1.15 bits per heavy atom. The number of piperidine rings is 1. The van der Waals surface area contributed by atoms with Crippen molar-refractivity contribution in [3.8, 4) is 11.5 Å². The first-order valence-electron chi connectivity index (χ1n) is 10.1. The molecule has 0 aromatic heterocycles. The highest BCUT2D eigenvalue weighted by Crippen LogP contribution is 2.56. The van der Waals surface area contributed by atoms with Gasteiger partial charge in [-0.25, -0.2) is 0 Å². The van der Waals surface area contributed by atoms with Crippen LogP contribution in [0.5, 0.6) is 11.5 Å². The van der Waals surface area contributed by atoms with Crippen LogP contribution in [0.15, 0.2) is 48.5 Å². The normalized spacial score (nSPS) is 27.6. The summed E-state index contributed by atoms with van der Waals surface area (Å²) in [6.45, 7) is 11.4. The molecule has 3 nitrogen and oxygen atoms in total. The number of benzene rings is 2. The first-order valence-corrected chi connectivity index (χ1v) is 10.1. The number of hydrogen-bond donors (Lipinski definition) is 1. The van der Waals surface area contributed by atoms with Gasteiger partial charge in [0.15, 0.2) is 0 Å². The van der Waals surface area contributed by atoms with Gasteiger partial charge in [-0.1, -0.05) is 45.0 Å². The zero-order valence-electron chi connectivity index (χ0n) is 16.9. The molecule has 1 aliphatic heterocycles. The largest absolute Gasteiger partial charge is 0.508 e. The van der Waals surface area contributed by atoms with Crippen LogP contribution in [0.1, 0.15) is 45.2 Å². The molecule has 27 heavy (non-hydrogen) atoms. The van der Waals surface area contributed by atoms with Crippen LogP contribution in [0, 0.1) is 5.41 Å². The number of aromatic hydroxyl groups is 1. The van der Waals surface area contributed by atoms with Gasteiger partial charge < -0.3 is 9.84 Å². The molecule has 2 aliphatic rings. The van der Waals surface area contributed by atoms with Crippen molar-refractivity contribution in [2.75, 3.05) is 13.1 Å². The average molecular weight is 366 g/mol. The number of ether oxygens (including phenoxy) is 1. The molecule has 0 radical (unpaired) electrons. The molecule has 144 valence electrons. The van der Waals surface area contributed by atoms with Crippen LogP contribution < -0.4 is 4.74 Å². The fourth-order valence-electron chi connectivity index (χ4n) is 5.35. The minimum Gasteiger partial charge on any atom is -0.508 e. The Bertz CT molecular complexity index is 816. The number of fused-ring (bicyclic) bond motifs is 4. The maximum absolute atomic E-state index is 10.0. The Labute approximate surface area is 163 Å². The molecular formula is C24H31NO2. The predicted molar refractivity (Wildman–Crippen MR) is 109 cm³/mol. The molecule has 1 saturated heterocycles. The molecule has 0 saturated carbocycles. The Hall–Kier alpha value is -2.00. The van der Waals surface area contributed by atoms with Gasteiger partial charge in [-0.05, 0) is 67.1 Å². The van der Waals surface area contributed by atoms with Crippen LogP contribution in [-0.2, 0) is 11.8 Å². The number of phenols is 1. The zero-order chi connectivity index (χ0) is 19.2. The number of para-hydroxylation sites is 1. The van der Waals surface area contributed by atoms with E-state index in [0.29, 0.717) is 11.8 Å². The lowest BCUT2D eigenvalue weighted by Gasteiger charge is -2.61. The van der Waals surface area contributed by atoms with Gasteiger partial charge in [0.25, 0.3) is 0 Å². The summed E-state index contributed by atoms with van der Waals surface area (Å²) in [6.07, 6.45) is 2.26. The van der Waals surface area contributed by atoms with Gasteiger partial charge in [0.2, 0.25) is 0 Å². The summed E-state index contributed by atoms with van der Waals surface area (Å²) < 4.78 is 6.15. The van der Waals surface area contributed by atoms with Crippen molar-refractivity contribution in [3.05, 3.63) is 59.7 Å². The summed E-state index contributed by atoms with van der Waals surface area (Å²) >= 11 is 0. The smallest absolute Gasteiger partial charge is 0.119 e. The van der Waals surface area contributed by atoms with E-state index in [0.717, 1.165) is 31.7 Å². The molecule has 1 aliphatic carbocycles. The molecule has 4 rings (SSSR count). The molecule has 2 bridgehead atoms. The first kappa shape index (κ1) is 18.4. The van der Waals surface area contributed by atoms with Crippen LogP contribution >= 0.6 is 0 Å². The van der Waals surface area contributed by atoms with Crippen LogP contribution in [0.25, 0.3) is 0 Å².